The van der Waals surface area contributed by atoms with E-state index in [2.05, 4.69) is 50.4 Å². The monoisotopic (exact) mass is 233 g/mol. The Morgan fingerprint density at radius 1 is 1.29 bits per heavy atom. The van der Waals surface area contributed by atoms with Crippen molar-refractivity contribution < 1.29 is 4.74 Å². The first-order chi connectivity index (χ1) is 8.13. The van der Waals surface area contributed by atoms with Crippen molar-refractivity contribution in [1.29, 1.82) is 0 Å². The standard InChI is InChI=1S/C15H23NO/c1-4-14(13-7-5-12(2)6-8-13)16-9-15(3)10-17-11-15/h5-8,14,16H,4,9-11H2,1-3H3. The van der Waals surface area contributed by atoms with Gasteiger partial charge in [-0.3, -0.25) is 0 Å². The van der Waals surface area contributed by atoms with Crippen LogP contribution in [0.4, 0.5) is 0 Å². The van der Waals surface area contributed by atoms with E-state index in [0.717, 1.165) is 26.2 Å². The molecular weight excluding hydrogens is 210 g/mol. The maximum Gasteiger partial charge on any atom is 0.0554 e. The maximum absolute atomic E-state index is 5.29. The lowest BCUT2D eigenvalue weighted by atomic mass is 9.88. The summed E-state index contributed by atoms with van der Waals surface area (Å²) >= 11 is 0. The van der Waals surface area contributed by atoms with Gasteiger partial charge in [0.15, 0.2) is 0 Å². The second-order valence-corrected chi connectivity index (χ2v) is 5.56. The third kappa shape index (κ3) is 3.08. The van der Waals surface area contributed by atoms with E-state index in [1.54, 1.807) is 0 Å². The third-order valence-corrected chi connectivity index (χ3v) is 3.56. The highest BCUT2D eigenvalue weighted by atomic mass is 16.5. The number of aryl methyl sites for hydroxylation is 1. The first-order valence-corrected chi connectivity index (χ1v) is 6.51. The van der Waals surface area contributed by atoms with Crippen molar-refractivity contribution in [1.82, 2.24) is 5.32 Å². The van der Waals surface area contributed by atoms with Gasteiger partial charge >= 0.3 is 0 Å². The van der Waals surface area contributed by atoms with Gasteiger partial charge in [-0.05, 0) is 18.9 Å². The minimum atomic E-state index is 0.345. The Morgan fingerprint density at radius 2 is 1.94 bits per heavy atom. The Balaban J connectivity index is 1.94. The first-order valence-electron chi connectivity index (χ1n) is 6.51. The Hall–Kier alpha value is -0.860. The van der Waals surface area contributed by atoms with Gasteiger partial charge in [0.05, 0.1) is 13.2 Å². The van der Waals surface area contributed by atoms with Gasteiger partial charge < -0.3 is 10.1 Å². The van der Waals surface area contributed by atoms with Crippen molar-refractivity contribution in [2.45, 2.75) is 33.2 Å². The van der Waals surface area contributed by atoms with Gasteiger partial charge in [0.2, 0.25) is 0 Å². The van der Waals surface area contributed by atoms with E-state index in [4.69, 9.17) is 4.74 Å². The van der Waals surface area contributed by atoms with E-state index in [0.29, 0.717) is 11.5 Å². The van der Waals surface area contributed by atoms with Crippen LogP contribution in [-0.4, -0.2) is 19.8 Å². The Morgan fingerprint density at radius 3 is 2.41 bits per heavy atom. The highest BCUT2D eigenvalue weighted by Gasteiger charge is 2.33. The molecule has 1 heterocycles. The van der Waals surface area contributed by atoms with E-state index >= 15 is 0 Å². The predicted molar refractivity (Wildman–Crippen MR) is 71.1 cm³/mol. The van der Waals surface area contributed by atoms with Crippen LogP contribution in [0.25, 0.3) is 0 Å². The van der Waals surface area contributed by atoms with Crippen LogP contribution in [0, 0.1) is 12.3 Å². The first kappa shape index (κ1) is 12.6. The molecule has 0 bridgehead atoms. The minimum absolute atomic E-state index is 0.345. The molecule has 2 heteroatoms. The number of benzene rings is 1. The Kier molecular flexibility index (Phi) is 3.85. The lowest BCUT2D eigenvalue weighted by molar-refractivity contribution is -0.100. The van der Waals surface area contributed by atoms with Gasteiger partial charge in [-0.25, -0.2) is 0 Å². The molecular formula is C15H23NO. The smallest absolute Gasteiger partial charge is 0.0554 e. The quantitative estimate of drug-likeness (QED) is 0.844. The molecule has 94 valence electrons. The van der Waals surface area contributed by atoms with Gasteiger partial charge in [0.25, 0.3) is 0 Å². The third-order valence-electron chi connectivity index (χ3n) is 3.56. The number of nitrogens with one attached hydrogen (secondary N) is 1. The molecule has 1 aliphatic rings. The fourth-order valence-electron chi connectivity index (χ4n) is 2.22. The molecule has 0 amide bonds. The zero-order valence-corrected chi connectivity index (χ0v) is 11.1. The zero-order chi connectivity index (χ0) is 12.3. The SMILES string of the molecule is CCC(NCC1(C)COC1)c1ccc(C)cc1. The molecule has 1 aromatic carbocycles. The second-order valence-electron chi connectivity index (χ2n) is 5.56. The summed E-state index contributed by atoms with van der Waals surface area (Å²) in [5, 5.41) is 3.67. The topological polar surface area (TPSA) is 21.3 Å². The molecule has 0 aromatic heterocycles. The molecule has 1 aromatic rings. The molecule has 1 atom stereocenters. The van der Waals surface area contributed by atoms with Crippen molar-refractivity contribution in [3.8, 4) is 0 Å². The average Bonchev–Trinajstić information content (AvgIpc) is 2.30. The number of ether oxygens (including phenoxy) is 1. The number of rotatable bonds is 5. The number of hydrogen-bond acceptors (Lipinski definition) is 2. The van der Waals surface area contributed by atoms with Crippen molar-refractivity contribution in [3.05, 3.63) is 35.4 Å². The van der Waals surface area contributed by atoms with Crippen molar-refractivity contribution in [2.75, 3.05) is 19.8 Å². The molecule has 0 saturated carbocycles. The Labute approximate surface area is 104 Å². The summed E-state index contributed by atoms with van der Waals surface area (Å²) in [5.41, 5.74) is 3.06. The fraction of sp³-hybridized carbons (Fsp3) is 0.600. The van der Waals surface area contributed by atoms with Crippen LogP contribution in [0.15, 0.2) is 24.3 Å². The summed E-state index contributed by atoms with van der Waals surface area (Å²) in [7, 11) is 0. The highest BCUT2D eigenvalue weighted by molar-refractivity contribution is 5.24. The molecule has 0 spiro atoms. The molecule has 1 unspecified atom stereocenters. The second kappa shape index (κ2) is 5.19. The molecule has 17 heavy (non-hydrogen) atoms. The van der Waals surface area contributed by atoms with E-state index in [1.165, 1.54) is 11.1 Å². The van der Waals surface area contributed by atoms with Crippen molar-refractivity contribution in [3.63, 3.8) is 0 Å². The molecule has 1 fully saturated rings. The molecule has 0 aliphatic carbocycles. The Bertz CT molecular complexity index is 354. The molecule has 0 radical (unpaired) electrons. The van der Waals surface area contributed by atoms with Crippen LogP contribution >= 0.6 is 0 Å². The minimum Gasteiger partial charge on any atom is -0.380 e. The summed E-state index contributed by atoms with van der Waals surface area (Å²) in [4.78, 5) is 0. The van der Waals surface area contributed by atoms with Crippen LogP contribution in [0.2, 0.25) is 0 Å². The molecule has 1 aliphatic heterocycles. The van der Waals surface area contributed by atoms with Crippen LogP contribution in [0.1, 0.15) is 37.4 Å². The van der Waals surface area contributed by atoms with Crippen LogP contribution in [0.5, 0.6) is 0 Å². The van der Waals surface area contributed by atoms with E-state index in [1.807, 2.05) is 0 Å². The van der Waals surface area contributed by atoms with Crippen LogP contribution < -0.4 is 5.32 Å². The molecule has 1 N–H and O–H groups in total. The van der Waals surface area contributed by atoms with E-state index in [9.17, 15) is 0 Å². The highest BCUT2D eigenvalue weighted by Crippen LogP contribution is 2.27. The average molecular weight is 233 g/mol. The molecule has 2 rings (SSSR count). The summed E-state index contributed by atoms with van der Waals surface area (Å²) in [5.74, 6) is 0. The molecule has 1 saturated heterocycles. The van der Waals surface area contributed by atoms with Gasteiger partial charge in [-0.1, -0.05) is 43.7 Å². The predicted octanol–water partition coefficient (Wildman–Crippen LogP) is 3.07. The van der Waals surface area contributed by atoms with E-state index < -0.39 is 0 Å². The lowest BCUT2D eigenvalue weighted by Gasteiger charge is -2.39. The number of hydrogen-bond donors (Lipinski definition) is 1. The fourth-order valence-corrected chi connectivity index (χ4v) is 2.22. The summed E-state index contributed by atoms with van der Waals surface area (Å²) in [6.07, 6.45) is 1.12. The van der Waals surface area contributed by atoms with Gasteiger partial charge in [-0.15, -0.1) is 0 Å². The van der Waals surface area contributed by atoms with Gasteiger partial charge in [-0.2, -0.15) is 0 Å². The maximum atomic E-state index is 5.29. The van der Waals surface area contributed by atoms with E-state index in [-0.39, 0.29) is 0 Å². The van der Waals surface area contributed by atoms with Crippen molar-refractivity contribution in [2.24, 2.45) is 5.41 Å². The largest absolute Gasteiger partial charge is 0.380 e. The summed E-state index contributed by atoms with van der Waals surface area (Å²) < 4.78 is 5.29. The zero-order valence-electron chi connectivity index (χ0n) is 11.1. The van der Waals surface area contributed by atoms with Crippen LogP contribution in [0.3, 0.4) is 0 Å². The van der Waals surface area contributed by atoms with Gasteiger partial charge in [0, 0.05) is 18.0 Å². The lowest BCUT2D eigenvalue weighted by Crippen LogP contribution is -2.47. The summed E-state index contributed by atoms with van der Waals surface area (Å²) in [6, 6.07) is 9.31. The van der Waals surface area contributed by atoms with Crippen molar-refractivity contribution >= 4 is 0 Å². The molecule has 2 nitrogen and oxygen atoms in total. The summed E-state index contributed by atoms with van der Waals surface area (Å²) in [6.45, 7) is 9.47. The van der Waals surface area contributed by atoms with Gasteiger partial charge in [0.1, 0.15) is 0 Å². The van der Waals surface area contributed by atoms with Crippen LogP contribution in [-0.2, 0) is 4.74 Å². The normalized spacial score (nSPS) is 19.7.